The Kier molecular flexibility index (Phi) is 2.51. The Labute approximate surface area is 104 Å². The minimum atomic E-state index is -0.170. The first kappa shape index (κ1) is 12.0. The maximum absolute atomic E-state index is 6.14. The molecule has 0 saturated carbocycles. The monoisotopic (exact) mass is 228 g/mol. The number of hydrogen-bond donors (Lipinski definition) is 0. The van der Waals surface area contributed by atoms with Crippen molar-refractivity contribution in [2.75, 3.05) is 0 Å². The van der Waals surface area contributed by atoms with Gasteiger partial charge in [-0.1, -0.05) is 26.7 Å². The van der Waals surface area contributed by atoms with E-state index in [9.17, 15) is 0 Å². The van der Waals surface area contributed by atoms with Crippen molar-refractivity contribution in [2.24, 2.45) is 5.41 Å². The number of rotatable bonds is 0. The van der Waals surface area contributed by atoms with Gasteiger partial charge in [0.1, 0.15) is 11.4 Å². The minimum absolute atomic E-state index is 0.0766. The van der Waals surface area contributed by atoms with Crippen LogP contribution in [0.4, 0.5) is 0 Å². The van der Waals surface area contributed by atoms with Crippen LogP contribution in [0.5, 0.6) is 5.75 Å². The molecule has 1 heterocycles. The fourth-order valence-electron chi connectivity index (χ4n) is 2.39. The molecule has 17 heavy (non-hydrogen) atoms. The third-order valence-electron chi connectivity index (χ3n) is 4.64. The van der Waals surface area contributed by atoms with Crippen molar-refractivity contribution in [3.63, 3.8) is 0 Å². The second-order valence-electron chi connectivity index (χ2n) is 5.95. The van der Waals surface area contributed by atoms with Gasteiger partial charge in [-0.15, -0.1) is 6.42 Å². The molecular formula is C16H20O. The predicted octanol–water partition coefficient (Wildman–Crippen LogP) is 3.97. The second-order valence-corrected chi connectivity index (χ2v) is 5.95. The Bertz CT molecular complexity index is 489. The predicted molar refractivity (Wildman–Crippen MR) is 71.3 cm³/mol. The quantitative estimate of drug-likeness (QED) is 0.610. The molecule has 0 N–H and O–H groups in total. The Morgan fingerprint density at radius 1 is 1.24 bits per heavy atom. The highest BCUT2D eigenvalue weighted by Gasteiger charge is 2.48. The van der Waals surface area contributed by atoms with Crippen LogP contribution < -0.4 is 4.74 Å². The van der Waals surface area contributed by atoms with Crippen LogP contribution in [0.25, 0.3) is 0 Å². The first-order valence-corrected chi connectivity index (χ1v) is 6.09. The van der Waals surface area contributed by atoms with E-state index in [0.29, 0.717) is 5.92 Å². The third kappa shape index (κ3) is 1.63. The van der Waals surface area contributed by atoms with Gasteiger partial charge < -0.3 is 4.74 Å². The molecule has 0 aromatic heterocycles. The van der Waals surface area contributed by atoms with Gasteiger partial charge in [0.25, 0.3) is 0 Å². The molecule has 1 aliphatic heterocycles. The highest BCUT2D eigenvalue weighted by atomic mass is 16.5. The third-order valence-corrected chi connectivity index (χ3v) is 4.64. The molecule has 0 bridgehead atoms. The van der Waals surface area contributed by atoms with Crippen LogP contribution in [-0.4, -0.2) is 5.60 Å². The van der Waals surface area contributed by atoms with Gasteiger partial charge >= 0.3 is 0 Å². The lowest BCUT2D eigenvalue weighted by molar-refractivity contribution is -0.0431. The second kappa shape index (κ2) is 3.53. The molecule has 1 aromatic carbocycles. The summed E-state index contributed by atoms with van der Waals surface area (Å²) in [5.74, 6) is 4.09. The molecule has 0 spiro atoms. The van der Waals surface area contributed by atoms with Gasteiger partial charge in [-0.2, -0.15) is 0 Å². The fourth-order valence-corrected chi connectivity index (χ4v) is 2.39. The zero-order chi connectivity index (χ0) is 12.8. The van der Waals surface area contributed by atoms with Crippen molar-refractivity contribution in [3.05, 3.63) is 29.3 Å². The average Bonchev–Trinajstić information content (AvgIpc) is 2.26. The molecule has 2 rings (SSSR count). The maximum atomic E-state index is 6.14. The van der Waals surface area contributed by atoms with Gasteiger partial charge in [-0.05, 0) is 43.5 Å². The molecule has 0 radical (unpaired) electrons. The SMILES string of the molecule is C#Cc1ccc2c(c1)C(C)C(C)(C)C(C)(C)O2. The van der Waals surface area contributed by atoms with Gasteiger partial charge in [0.15, 0.2) is 0 Å². The fraction of sp³-hybridized carbons (Fsp3) is 0.500. The van der Waals surface area contributed by atoms with E-state index >= 15 is 0 Å². The lowest BCUT2D eigenvalue weighted by Gasteiger charge is -2.50. The van der Waals surface area contributed by atoms with Gasteiger partial charge in [0.05, 0.1) is 0 Å². The summed E-state index contributed by atoms with van der Waals surface area (Å²) in [6.07, 6.45) is 5.46. The molecule has 0 saturated heterocycles. The topological polar surface area (TPSA) is 9.23 Å². The van der Waals surface area contributed by atoms with Gasteiger partial charge in [0.2, 0.25) is 0 Å². The Hall–Kier alpha value is -1.42. The summed E-state index contributed by atoms with van der Waals surface area (Å²) in [5.41, 5.74) is 2.06. The molecular weight excluding hydrogens is 208 g/mol. The summed E-state index contributed by atoms with van der Waals surface area (Å²) in [4.78, 5) is 0. The smallest absolute Gasteiger partial charge is 0.123 e. The van der Waals surface area contributed by atoms with Crippen LogP contribution in [-0.2, 0) is 0 Å². The summed E-state index contributed by atoms with van der Waals surface area (Å²) in [6.45, 7) is 11.1. The van der Waals surface area contributed by atoms with Crippen molar-refractivity contribution in [3.8, 4) is 18.1 Å². The summed E-state index contributed by atoms with van der Waals surface area (Å²) in [7, 11) is 0. The Morgan fingerprint density at radius 3 is 2.47 bits per heavy atom. The molecule has 1 heteroatoms. The first-order chi connectivity index (χ1) is 7.79. The number of benzene rings is 1. The Morgan fingerprint density at radius 2 is 1.88 bits per heavy atom. The van der Waals surface area contributed by atoms with Gasteiger partial charge in [-0.3, -0.25) is 0 Å². The van der Waals surface area contributed by atoms with Crippen molar-refractivity contribution in [1.82, 2.24) is 0 Å². The maximum Gasteiger partial charge on any atom is 0.123 e. The van der Waals surface area contributed by atoms with Crippen molar-refractivity contribution >= 4 is 0 Å². The van der Waals surface area contributed by atoms with Gasteiger partial charge in [-0.25, -0.2) is 0 Å². The molecule has 0 aliphatic carbocycles. The zero-order valence-corrected chi connectivity index (χ0v) is 11.3. The number of terminal acetylenes is 1. The van der Waals surface area contributed by atoms with Crippen LogP contribution in [0.1, 0.15) is 51.7 Å². The number of fused-ring (bicyclic) bond motifs is 1. The first-order valence-electron chi connectivity index (χ1n) is 6.09. The van der Waals surface area contributed by atoms with Crippen molar-refractivity contribution < 1.29 is 4.74 Å². The lowest BCUT2D eigenvalue weighted by atomic mass is 9.64. The highest BCUT2D eigenvalue weighted by Crippen LogP contribution is 2.52. The lowest BCUT2D eigenvalue weighted by Crippen LogP contribution is -2.50. The molecule has 1 aromatic rings. The molecule has 1 aliphatic rings. The summed E-state index contributed by atoms with van der Waals surface area (Å²) in [6, 6.07) is 6.02. The van der Waals surface area contributed by atoms with Crippen LogP contribution >= 0.6 is 0 Å². The van der Waals surface area contributed by atoms with E-state index in [1.807, 2.05) is 12.1 Å². The van der Waals surface area contributed by atoms with E-state index in [-0.39, 0.29) is 11.0 Å². The van der Waals surface area contributed by atoms with E-state index in [1.54, 1.807) is 0 Å². The number of hydrogen-bond acceptors (Lipinski definition) is 1. The summed E-state index contributed by atoms with van der Waals surface area (Å²) >= 11 is 0. The minimum Gasteiger partial charge on any atom is -0.487 e. The summed E-state index contributed by atoms with van der Waals surface area (Å²) in [5, 5.41) is 0. The molecule has 1 atom stereocenters. The number of ether oxygens (including phenoxy) is 1. The van der Waals surface area contributed by atoms with E-state index in [1.165, 1.54) is 5.56 Å². The van der Waals surface area contributed by atoms with Crippen LogP contribution in [0.15, 0.2) is 18.2 Å². The van der Waals surface area contributed by atoms with E-state index in [0.717, 1.165) is 11.3 Å². The van der Waals surface area contributed by atoms with E-state index in [4.69, 9.17) is 11.2 Å². The van der Waals surface area contributed by atoms with E-state index in [2.05, 4.69) is 46.6 Å². The average molecular weight is 228 g/mol. The van der Waals surface area contributed by atoms with Crippen molar-refractivity contribution in [1.29, 1.82) is 0 Å². The summed E-state index contributed by atoms with van der Waals surface area (Å²) < 4.78 is 6.14. The molecule has 90 valence electrons. The van der Waals surface area contributed by atoms with Crippen molar-refractivity contribution in [2.45, 2.75) is 46.1 Å². The largest absolute Gasteiger partial charge is 0.487 e. The standard InChI is InChI=1S/C16H20O/c1-7-12-8-9-14-13(10-12)11(2)15(3,4)16(5,6)17-14/h1,8-11H,2-6H3. The van der Waals surface area contributed by atoms with Gasteiger partial charge in [0, 0.05) is 11.0 Å². The molecule has 1 unspecified atom stereocenters. The normalized spacial score (nSPS) is 24.4. The molecule has 0 fully saturated rings. The van der Waals surface area contributed by atoms with Crippen LogP contribution in [0.3, 0.4) is 0 Å². The zero-order valence-electron chi connectivity index (χ0n) is 11.3. The Balaban J connectivity index is 2.59. The van der Waals surface area contributed by atoms with Crippen LogP contribution in [0, 0.1) is 17.8 Å². The molecule has 0 amide bonds. The highest BCUT2D eigenvalue weighted by molar-refractivity contribution is 5.47. The molecule has 1 nitrogen and oxygen atoms in total. The van der Waals surface area contributed by atoms with Crippen LogP contribution in [0.2, 0.25) is 0 Å². The van der Waals surface area contributed by atoms with E-state index < -0.39 is 0 Å².